The average Bonchev–Trinajstić information content (AvgIpc) is 1.83. The molecule has 10 aromatic heterocycles. The van der Waals surface area contributed by atoms with E-state index < -0.39 is 0 Å². The van der Waals surface area contributed by atoms with E-state index in [1.54, 1.807) is 19.2 Å². The number of nitrogens with one attached hydrogen (secondary N) is 11. The van der Waals surface area contributed by atoms with Crippen LogP contribution in [-0.4, -0.2) is 141 Å². The Morgan fingerprint density at radius 2 is 0.667 bits per heavy atom. The van der Waals surface area contributed by atoms with Gasteiger partial charge in [-0.1, -0.05) is 219 Å². The first-order valence-electron chi connectivity index (χ1n) is 40.9. The summed E-state index contributed by atoms with van der Waals surface area (Å²) < 4.78 is 21.5. The fraction of sp³-hybridized carbons (Fsp3) is 0.156. The van der Waals surface area contributed by atoms with Gasteiger partial charge in [-0.3, -0.25) is 25.5 Å². The number of benzene rings is 6. The fourth-order valence-corrected chi connectivity index (χ4v) is 12.1. The second-order valence-corrected chi connectivity index (χ2v) is 28.3. The zero-order chi connectivity index (χ0) is 87.3. The van der Waals surface area contributed by atoms with Crippen LogP contribution in [0.1, 0.15) is 117 Å². The quantitative estimate of drug-likeness (QED) is 0.0203. The second-order valence-electron chi connectivity index (χ2n) is 28.3. The van der Waals surface area contributed by atoms with Crippen LogP contribution in [0.2, 0.25) is 0 Å². The number of morpholine rings is 1. The number of nitrogens with zero attached hydrogens (tertiary/aromatic N) is 15. The maximum atomic E-state index is 5.59. The fourth-order valence-electron chi connectivity index (χ4n) is 12.1. The number of hydrogen-bond donors (Lipinski definition) is 11. The van der Waals surface area contributed by atoms with Crippen LogP contribution >= 0.6 is 0 Å². The summed E-state index contributed by atoms with van der Waals surface area (Å²) in [5, 5.41) is 54.9. The zero-order valence-corrected chi connectivity index (χ0v) is 71.0. The van der Waals surface area contributed by atoms with Crippen LogP contribution in [0.3, 0.4) is 0 Å². The molecule has 1 aliphatic heterocycles. The predicted molar refractivity (Wildman–Crippen MR) is 500 cm³/mol. The minimum Gasteiger partial charge on any atom is -0.478 e. The Morgan fingerprint density at radius 3 is 1.00 bits per heavy atom. The van der Waals surface area contributed by atoms with E-state index >= 15 is 0 Å². The topological polar surface area (TPSA) is 381 Å². The van der Waals surface area contributed by atoms with Crippen molar-refractivity contribution in [1.82, 2.24) is 106 Å². The van der Waals surface area contributed by atoms with Gasteiger partial charge in [-0.05, 0) is 106 Å². The van der Waals surface area contributed by atoms with Gasteiger partial charge < -0.3 is 50.8 Å². The first-order valence-corrected chi connectivity index (χ1v) is 40.9. The van der Waals surface area contributed by atoms with Crippen molar-refractivity contribution in [3.05, 3.63) is 339 Å². The molecule has 30 nitrogen and oxygen atoms in total. The Balaban J connectivity index is 0.000000135. The molecule has 16 aromatic rings. The summed E-state index contributed by atoms with van der Waals surface area (Å²) in [6.45, 7) is 16.5. The van der Waals surface area contributed by atoms with Crippen LogP contribution in [0.25, 0.3) is 72.0 Å². The monoisotopic (exact) mass is 1680 g/mol. The normalized spacial score (nSPS) is 12.3. The second kappa shape index (κ2) is 46.1. The summed E-state index contributed by atoms with van der Waals surface area (Å²) in [5.41, 5.74) is 14.1. The Kier molecular flexibility index (Phi) is 32.1. The Hall–Kier alpha value is -16.1. The SMILES string of the molecule is CCOc1cc(Nc2cc(C)[nH]n2)nc(/C=C/c2ccccc2)n1.CCc1cc(Nc2cc(C)[nH]n2)nc(/C=C/c2ccccc2)n1.COCOc1cc(Nc2cc(C)[nH]n2)nc(/C=C/c2ccccc2)n1.Cc1cc(Nc2cc(-c3ccccc3)nc(/C=C/c3ccccc3)n2)n[nH]1.Cc1cc(Nc2cc(C3COCCN3)nc(/C=C/c3ccccc3)n2)n[nH]1. The molecule has 0 bridgehead atoms. The third kappa shape index (κ3) is 28.8. The molecule has 1 unspecified atom stereocenters. The molecule has 17 rings (SSSR count). The molecule has 0 saturated carbocycles. The molecule has 1 aliphatic rings. The molecule has 0 aliphatic carbocycles. The van der Waals surface area contributed by atoms with Gasteiger partial charge in [0.25, 0.3) is 0 Å². The summed E-state index contributed by atoms with van der Waals surface area (Å²) in [7, 11) is 1.56. The lowest BCUT2D eigenvalue weighted by molar-refractivity contribution is 0.0477. The van der Waals surface area contributed by atoms with Crippen LogP contribution in [0.5, 0.6) is 11.8 Å². The maximum Gasteiger partial charge on any atom is 0.221 e. The molecule has 0 spiro atoms. The number of aryl methyl sites for hydroxylation is 6. The van der Waals surface area contributed by atoms with E-state index in [1.807, 2.05) is 333 Å². The van der Waals surface area contributed by atoms with Crippen LogP contribution in [0.15, 0.2) is 243 Å². The van der Waals surface area contributed by atoms with Crippen LogP contribution < -0.4 is 41.4 Å². The molecule has 1 saturated heterocycles. The lowest BCUT2D eigenvalue weighted by atomic mass is 10.1. The van der Waals surface area contributed by atoms with Gasteiger partial charge in [0.2, 0.25) is 11.8 Å². The number of hydrogen-bond acceptors (Lipinski definition) is 25. The summed E-state index contributed by atoms with van der Waals surface area (Å²) in [6, 6.07) is 79.3. The number of aromatic amines is 5. The van der Waals surface area contributed by atoms with Gasteiger partial charge in [-0.2, -0.15) is 35.5 Å². The van der Waals surface area contributed by atoms with E-state index in [-0.39, 0.29) is 12.8 Å². The van der Waals surface area contributed by atoms with Crippen molar-refractivity contribution in [2.75, 3.05) is 66.9 Å². The third-order valence-electron chi connectivity index (χ3n) is 18.0. The predicted octanol–water partition coefficient (Wildman–Crippen LogP) is 19.4. The van der Waals surface area contributed by atoms with E-state index in [0.29, 0.717) is 89.0 Å². The van der Waals surface area contributed by atoms with Gasteiger partial charge in [-0.15, -0.1) is 0 Å². The number of anilines is 10. The molecular weight excluding hydrogens is 1580 g/mol. The lowest BCUT2D eigenvalue weighted by Gasteiger charge is -2.23. The molecule has 11 heterocycles. The number of rotatable bonds is 28. The number of aromatic nitrogens is 20. The highest BCUT2D eigenvalue weighted by Crippen LogP contribution is 2.27. The Morgan fingerprint density at radius 1 is 0.341 bits per heavy atom. The van der Waals surface area contributed by atoms with Crippen molar-refractivity contribution in [3.63, 3.8) is 0 Å². The molecule has 636 valence electrons. The van der Waals surface area contributed by atoms with E-state index in [1.165, 1.54) is 0 Å². The molecule has 126 heavy (non-hydrogen) atoms. The van der Waals surface area contributed by atoms with E-state index in [4.69, 9.17) is 28.9 Å². The molecule has 0 radical (unpaired) electrons. The highest BCUT2D eigenvalue weighted by atomic mass is 16.7. The average molecular weight is 1680 g/mol. The minimum atomic E-state index is 0.0482. The molecule has 1 fully saturated rings. The molecule has 6 aromatic carbocycles. The van der Waals surface area contributed by atoms with Gasteiger partial charge in [0.15, 0.2) is 65.0 Å². The van der Waals surface area contributed by atoms with E-state index in [9.17, 15) is 0 Å². The van der Waals surface area contributed by atoms with Crippen LogP contribution in [-0.2, 0) is 15.9 Å². The van der Waals surface area contributed by atoms with Crippen molar-refractivity contribution < 1.29 is 18.9 Å². The van der Waals surface area contributed by atoms with Crippen molar-refractivity contribution in [2.45, 2.75) is 60.9 Å². The number of H-pyrrole nitrogens is 5. The molecular formula is C96H98N26O4. The zero-order valence-electron chi connectivity index (χ0n) is 71.0. The van der Waals surface area contributed by atoms with Crippen molar-refractivity contribution in [1.29, 1.82) is 0 Å². The third-order valence-corrected chi connectivity index (χ3v) is 18.0. The van der Waals surface area contributed by atoms with Gasteiger partial charge in [-0.25, -0.2) is 39.9 Å². The molecule has 11 N–H and O–H groups in total. The van der Waals surface area contributed by atoms with Gasteiger partial charge in [0, 0.05) is 114 Å². The number of methoxy groups -OCH3 is 1. The minimum absolute atomic E-state index is 0.0482. The molecule has 30 heteroatoms. The standard InChI is InChI=1S/C22H19N5.C20H22N6O.C18H19N5O2.C18H19N5O.C18H19N5/c1-16-14-22(27-26-16)25-21-15-19(18-10-6-3-7-11-18)23-20(24-21)13-12-17-8-4-2-5-9-17;1-14-11-20(26-25-14)24-19-12-16(17-13-27-10-9-21-17)22-18(23-19)8-7-15-5-3-2-4-6-15;1-13-10-17(23-22-13)20-16-11-18(25-12-24-2)21-15(19-16)9-8-14-6-4-3-5-7-14;1-3-24-18-12-16(20-17-11-13(2)22-23-17)19-15(21-18)10-9-14-7-5-4-6-8-14;1-3-15-12-17(21-18-11-13(2)22-23-18)20-16(19-15)10-9-14-7-5-4-6-8-14/h2-15H,1H3,(H2,23,24,25,26,27);2-8,11-12,17,21H,9-10,13H2,1H3,(H2,22,23,24,25,26);3-11H,12H2,1-2H3,(H2,19,20,21,22,23);4-12H,3H2,1-2H3,(H2,19,20,21,22,23);4-12H,3H2,1-2H3,(H2,19,20,21,22,23)/b13-12+;8-7+;9-8+;2*10-9+. The summed E-state index contributed by atoms with van der Waals surface area (Å²) in [4.78, 5) is 45.5. The van der Waals surface area contributed by atoms with Crippen molar-refractivity contribution in [3.8, 4) is 23.0 Å². The van der Waals surface area contributed by atoms with Crippen molar-refractivity contribution in [2.24, 2.45) is 0 Å². The van der Waals surface area contributed by atoms with E-state index in [0.717, 1.165) is 122 Å². The lowest BCUT2D eigenvalue weighted by Crippen LogP contribution is -2.35. The van der Waals surface area contributed by atoms with Crippen LogP contribution in [0.4, 0.5) is 58.2 Å². The molecule has 1 atom stereocenters. The van der Waals surface area contributed by atoms with E-state index in [2.05, 4.69) is 130 Å². The van der Waals surface area contributed by atoms with Gasteiger partial charge >= 0.3 is 0 Å². The summed E-state index contributed by atoms with van der Waals surface area (Å²) in [6.07, 6.45) is 20.2. The van der Waals surface area contributed by atoms with Gasteiger partial charge in [0.1, 0.15) is 29.1 Å². The first kappa shape index (κ1) is 87.8. The highest BCUT2D eigenvalue weighted by molar-refractivity contribution is 5.74. The summed E-state index contributed by atoms with van der Waals surface area (Å²) >= 11 is 0. The Bertz CT molecular complexity index is 6190. The smallest absolute Gasteiger partial charge is 0.221 e. The highest BCUT2D eigenvalue weighted by Gasteiger charge is 2.20. The maximum absolute atomic E-state index is 5.59. The largest absolute Gasteiger partial charge is 0.478 e. The Labute approximate surface area is 730 Å². The summed E-state index contributed by atoms with van der Waals surface area (Å²) in [5.74, 6) is 10.9. The van der Waals surface area contributed by atoms with Gasteiger partial charge in [0.05, 0.1) is 37.3 Å². The first-order chi connectivity index (χ1) is 61.7. The van der Waals surface area contributed by atoms with Crippen LogP contribution in [0, 0.1) is 34.6 Å². The number of ether oxygens (including phenoxy) is 4. The van der Waals surface area contributed by atoms with Crippen molar-refractivity contribution >= 4 is 119 Å². The molecule has 0 amide bonds.